The molecule has 4 aromatic rings. The Balaban J connectivity index is 2.04. The molecule has 3 aromatic carbocycles. The van der Waals surface area contributed by atoms with E-state index in [9.17, 15) is 18.3 Å². The largest absolute Gasteiger partial charge is 0.479 e. The van der Waals surface area contributed by atoms with Gasteiger partial charge in [0.2, 0.25) is 10.0 Å². The van der Waals surface area contributed by atoms with E-state index in [1.807, 2.05) is 12.1 Å². The number of halogens is 2. The molecule has 1 atom stereocenters. The molecule has 2 heterocycles. The second kappa shape index (κ2) is 9.88. The number of carboxylic acid groups (broad SMARTS) is 1. The van der Waals surface area contributed by atoms with Gasteiger partial charge in [0.15, 0.2) is 6.10 Å². The van der Waals surface area contributed by atoms with Gasteiger partial charge < -0.3 is 9.84 Å². The predicted octanol–water partition coefficient (Wildman–Crippen LogP) is 6.68. The van der Waals surface area contributed by atoms with Gasteiger partial charge in [-0.3, -0.25) is 9.29 Å². The molecule has 214 valence electrons. The van der Waals surface area contributed by atoms with Gasteiger partial charge in [-0.1, -0.05) is 24.3 Å². The van der Waals surface area contributed by atoms with Gasteiger partial charge in [-0.15, -0.1) is 0 Å². The molecule has 1 aromatic heterocycles. The number of hydrogen-bond donors (Lipinski definition) is 1. The zero-order chi connectivity index (χ0) is 30.0. The first kappa shape index (κ1) is 28.6. The first-order valence-corrected chi connectivity index (χ1v) is 14.8. The lowest BCUT2D eigenvalue weighted by atomic mass is 9.79. The van der Waals surface area contributed by atoms with Crippen LogP contribution >= 0.6 is 0 Å². The van der Waals surface area contributed by atoms with Crippen molar-refractivity contribution in [3.8, 4) is 22.3 Å². The fourth-order valence-electron chi connectivity index (χ4n) is 5.72. The van der Waals surface area contributed by atoms with Crippen molar-refractivity contribution >= 4 is 32.6 Å². The summed E-state index contributed by atoms with van der Waals surface area (Å²) in [6, 6.07) is 11.1. The normalized spacial score (nSPS) is 14.1. The Morgan fingerprint density at radius 3 is 2.29 bits per heavy atom. The van der Waals surface area contributed by atoms with Crippen molar-refractivity contribution in [2.75, 3.05) is 10.6 Å². The minimum atomic E-state index is -4.02. The number of carboxylic acids is 1. The lowest BCUT2D eigenvalue weighted by Gasteiger charge is -2.37. The zero-order valence-electron chi connectivity index (χ0n) is 23.5. The molecule has 0 amide bonds. The molecule has 7 nitrogen and oxygen atoms in total. The Morgan fingerprint density at radius 1 is 1.00 bits per heavy atom. The van der Waals surface area contributed by atoms with Gasteiger partial charge in [0.25, 0.3) is 0 Å². The molecule has 1 N–H and O–H groups in total. The van der Waals surface area contributed by atoms with Crippen LogP contribution in [0.2, 0.25) is 0 Å². The van der Waals surface area contributed by atoms with Crippen LogP contribution in [0.4, 0.5) is 14.5 Å². The molecule has 0 saturated carbocycles. The number of nitrogens with zero attached hydrogens (tertiary/aromatic N) is 2. The summed E-state index contributed by atoms with van der Waals surface area (Å²) in [5.41, 5.74) is 1.62. The molecule has 0 fully saturated rings. The van der Waals surface area contributed by atoms with Crippen LogP contribution in [0.3, 0.4) is 0 Å². The summed E-state index contributed by atoms with van der Waals surface area (Å²) in [7, 11) is -4.02. The van der Waals surface area contributed by atoms with Gasteiger partial charge in [-0.05, 0) is 69.5 Å². The van der Waals surface area contributed by atoms with Crippen LogP contribution < -0.4 is 4.31 Å². The predicted molar refractivity (Wildman–Crippen MR) is 154 cm³/mol. The summed E-state index contributed by atoms with van der Waals surface area (Å²) in [5, 5.41) is 11.3. The van der Waals surface area contributed by atoms with Crippen molar-refractivity contribution in [2.24, 2.45) is 0 Å². The molecule has 1 aliphatic heterocycles. The van der Waals surface area contributed by atoms with Gasteiger partial charge in [0, 0.05) is 39.4 Å². The molecule has 1 aliphatic rings. The van der Waals surface area contributed by atoms with Crippen LogP contribution in [-0.4, -0.2) is 36.3 Å². The van der Waals surface area contributed by atoms with E-state index in [4.69, 9.17) is 4.74 Å². The molecule has 0 unspecified atom stereocenters. The quantitative estimate of drug-likeness (QED) is 0.283. The number of para-hydroxylation sites is 1. The third kappa shape index (κ3) is 4.85. The van der Waals surface area contributed by atoms with E-state index in [1.165, 1.54) is 0 Å². The number of ether oxygens (including phenoxy) is 1. The van der Waals surface area contributed by atoms with Crippen LogP contribution in [0, 0.1) is 25.5 Å². The monoisotopic (exact) mass is 580 g/mol. The molecule has 0 bridgehead atoms. The van der Waals surface area contributed by atoms with Crippen molar-refractivity contribution in [1.29, 1.82) is 0 Å². The molecule has 0 spiro atoms. The fourth-order valence-corrected chi connectivity index (χ4v) is 6.64. The molecule has 0 saturated heterocycles. The second-order valence-corrected chi connectivity index (χ2v) is 13.2. The molecule has 41 heavy (non-hydrogen) atoms. The minimum Gasteiger partial charge on any atom is -0.479 e. The standard InChI is InChI=1S/C31H30F2N2O5S/c1-16-23(19-11-7-9-18-10-8-14-34-27(18)19)25(29(30(36)37)40-31(3,4)5)17(2)28-24(16)26-20(15-35(28)41(6,38)39)21(32)12-13-22(26)33/h7-14,29H,15H2,1-6H3,(H,36,37)/t29-/m0/s1. The number of carbonyl (C=O) groups is 1. The maximum Gasteiger partial charge on any atom is 0.337 e. The smallest absolute Gasteiger partial charge is 0.337 e. The van der Waals surface area contributed by atoms with Crippen LogP contribution in [-0.2, 0) is 26.1 Å². The fraction of sp³-hybridized carbons (Fsp3) is 0.290. The van der Waals surface area contributed by atoms with Gasteiger partial charge >= 0.3 is 5.97 Å². The van der Waals surface area contributed by atoms with Crippen molar-refractivity contribution in [3.63, 3.8) is 0 Å². The zero-order valence-corrected chi connectivity index (χ0v) is 24.4. The molecular weight excluding hydrogens is 550 g/mol. The van der Waals surface area contributed by atoms with Gasteiger partial charge in [0.1, 0.15) is 11.6 Å². The average molecular weight is 581 g/mol. The number of aromatic nitrogens is 1. The number of rotatable bonds is 5. The van der Waals surface area contributed by atoms with E-state index in [0.717, 1.165) is 28.1 Å². The highest BCUT2D eigenvalue weighted by Gasteiger charge is 2.40. The Morgan fingerprint density at radius 2 is 1.66 bits per heavy atom. The average Bonchev–Trinajstić information content (AvgIpc) is 2.89. The van der Waals surface area contributed by atoms with Crippen LogP contribution in [0.5, 0.6) is 0 Å². The van der Waals surface area contributed by atoms with Crippen molar-refractivity contribution in [1.82, 2.24) is 4.98 Å². The summed E-state index contributed by atoms with van der Waals surface area (Å²) in [6.07, 6.45) is 1.08. The highest BCUT2D eigenvalue weighted by molar-refractivity contribution is 7.92. The minimum absolute atomic E-state index is 0.0508. The number of benzene rings is 3. The number of hydrogen-bond acceptors (Lipinski definition) is 5. The third-order valence-electron chi connectivity index (χ3n) is 7.28. The van der Waals surface area contributed by atoms with Crippen molar-refractivity contribution in [3.05, 3.63) is 82.5 Å². The number of sulfonamides is 1. The van der Waals surface area contributed by atoms with Crippen molar-refractivity contribution in [2.45, 2.75) is 52.9 Å². The number of anilines is 1. The van der Waals surface area contributed by atoms with Gasteiger partial charge in [0.05, 0.1) is 29.6 Å². The summed E-state index contributed by atoms with van der Waals surface area (Å²) in [5.74, 6) is -2.74. The van der Waals surface area contributed by atoms with E-state index in [2.05, 4.69) is 4.98 Å². The SMILES string of the molecule is Cc1c(-c2cccc3cccnc23)c([C@H](OC(C)(C)C)C(=O)O)c(C)c2c1-c1c(F)ccc(F)c1CN2S(C)(=O)=O. The number of fused-ring (bicyclic) bond motifs is 4. The molecule has 0 radical (unpaired) electrons. The Kier molecular flexibility index (Phi) is 6.90. The number of pyridine rings is 1. The summed E-state index contributed by atoms with van der Waals surface area (Å²) in [4.78, 5) is 17.4. The van der Waals surface area contributed by atoms with Crippen LogP contribution in [0.15, 0.2) is 48.7 Å². The molecular formula is C31H30F2N2O5S. The van der Waals surface area contributed by atoms with E-state index < -0.39 is 45.9 Å². The van der Waals surface area contributed by atoms with Crippen molar-refractivity contribution < 1.29 is 31.8 Å². The lowest BCUT2D eigenvalue weighted by Crippen LogP contribution is -2.35. The van der Waals surface area contributed by atoms with Crippen LogP contribution in [0.25, 0.3) is 33.2 Å². The van der Waals surface area contributed by atoms with E-state index in [-0.39, 0.29) is 33.5 Å². The number of aliphatic carboxylic acids is 1. The lowest BCUT2D eigenvalue weighted by molar-refractivity contribution is -0.160. The maximum absolute atomic E-state index is 15.6. The molecule has 5 rings (SSSR count). The first-order valence-electron chi connectivity index (χ1n) is 13.0. The Hall–Kier alpha value is -3.89. The van der Waals surface area contributed by atoms with E-state index >= 15 is 8.78 Å². The van der Waals surface area contributed by atoms with Crippen LogP contribution in [0.1, 0.15) is 49.1 Å². The second-order valence-electron chi connectivity index (χ2n) is 11.2. The highest BCUT2D eigenvalue weighted by Crippen LogP contribution is 2.53. The summed E-state index contributed by atoms with van der Waals surface area (Å²) >= 11 is 0. The Labute approximate surface area is 237 Å². The Bertz CT molecular complexity index is 1840. The summed E-state index contributed by atoms with van der Waals surface area (Å²) in [6.45, 7) is 7.98. The molecule has 10 heteroatoms. The summed E-state index contributed by atoms with van der Waals surface area (Å²) < 4.78 is 64.2. The maximum atomic E-state index is 15.6. The van der Waals surface area contributed by atoms with Gasteiger partial charge in [-0.25, -0.2) is 22.0 Å². The topological polar surface area (TPSA) is 96.8 Å². The third-order valence-corrected chi connectivity index (χ3v) is 8.39. The first-order chi connectivity index (χ1) is 19.1. The molecule has 0 aliphatic carbocycles. The highest BCUT2D eigenvalue weighted by atomic mass is 32.2. The van der Waals surface area contributed by atoms with E-state index in [1.54, 1.807) is 59.0 Å². The van der Waals surface area contributed by atoms with Gasteiger partial charge in [-0.2, -0.15) is 0 Å². The van der Waals surface area contributed by atoms with E-state index in [0.29, 0.717) is 22.2 Å².